The largest absolute Gasteiger partial charge is 0.486 e. The molecule has 0 atom stereocenters. The first kappa shape index (κ1) is 19.0. The number of thioether (sulfide) groups is 1. The Labute approximate surface area is 172 Å². The highest BCUT2D eigenvalue weighted by atomic mass is 32.2. The zero-order valence-electron chi connectivity index (χ0n) is 16.1. The maximum Gasteiger partial charge on any atom is 0.234 e. The third-order valence-electron chi connectivity index (χ3n) is 4.29. The fourth-order valence-electron chi connectivity index (χ4n) is 2.71. The van der Waals surface area contributed by atoms with Crippen LogP contribution in [0.1, 0.15) is 37.2 Å². The van der Waals surface area contributed by atoms with Crippen LogP contribution in [-0.4, -0.2) is 19.8 Å². The van der Waals surface area contributed by atoms with Gasteiger partial charge in [0.25, 0.3) is 0 Å². The van der Waals surface area contributed by atoms with Crippen molar-refractivity contribution in [3.63, 3.8) is 0 Å². The Hall–Kier alpha value is -2.38. The summed E-state index contributed by atoms with van der Waals surface area (Å²) in [5, 5.41) is 14.0. The van der Waals surface area contributed by atoms with Crippen molar-refractivity contribution in [1.82, 2.24) is 19.8 Å². The summed E-state index contributed by atoms with van der Waals surface area (Å²) in [5.74, 6) is 2.42. The van der Waals surface area contributed by atoms with E-state index in [1.807, 2.05) is 34.8 Å². The molecule has 0 saturated carbocycles. The highest BCUT2D eigenvalue weighted by Gasteiger charge is 2.14. The van der Waals surface area contributed by atoms with Crippen LogP contribution in [0.5, 0.6) is 5.75 Å². The molecule has 4 aromatic rings. The lowest BCUT2D eigenvalue weighted by molar-refractivity contribution is 0.304. The average molecular weight is 411 g/mol. The van der Waals surface area contributed by atoms with Gasteiger partial charge in [-0.05, 0) is 35.2 Å². The van der Waals surface area contributed by atoms with Crippen LogP contribution in [0.15, 0.2) is 59.5 Å². The number of hydrogen-bond acceptors (Lipinski definition) is 6. The molecule has 0 bridgehead atoms. The standard InChI is InChI=1S/C21H22N4OS2/c1-21(2,3)15-9-11-16(12-10-15)26-13-19-24-25-18(22-23-20(25)28-19)14-27-17-7-5-4-6-8-17/h4-12H,13-14H2,1-3H3. The van der Waals surface area contributed by atoms with E-state index >= 15 is 0 Å². The number of aromatic nitrogens is 4. The minimum absolute atomic E-state index is 0.139. The highest BCUT2D eigenvalue weighted by molar-refractivity contribution is 7.98. The predicted molar refractivity (Wildman–Crippen MR) is 114 cm³/mol. The van der Waals surface area contributed by atoms with Crippen LogP contribution in [0.2, 0.25) is 0 Å². The molecular formula is C21H22N4OS2. The van der Waals surface area contributed by atoms with Crippen molar-refractivity contribution in [1.29, 1.82) is 0 Å². The maximum absolute atomic E-state index is 5.91. The smallest absolute Gasteiger partial charge is 0.234 e. The highest BCUT2D eigenvalue weighted by Crippen LogP contribution is 2.26. The molecule has 28 heavy (non-hydrogen) atoms. The fraction of sp³-hybridized carbons (Fsp3) is 0.286. The Morgan fingerprint density at radius 2 is 1.75 bits per heavy atom. The average Bonchev–Trinajstić information content (AvgIpc) is 3.26. The van der Waals surface area contributed by atoms with Gasteiger partial charge in [0.05, 0.1) is 5.75 Å². The quantitative estimate of drug-likeness (QED) is 0.401. The lowest BCUT2D eigenvalue weighted by Gasteiger charge is -2.19. The van der Waals surface area contributed by atoms with Crippen LogP contribution in [0.25, 0.3) is 4.96 Å². The molecule has 2 heterocycles. The summed E-state index contributed by atoms with van der Waals surface area (Å²) < 4.78 is 7.73. The second-order valence-corrected chi connectivity index (χ2v) is 9.56. The molecule has 7 heteroatoms. The van der Waals surface area contributed by atoms with Crippen LogP contribution in [-0.2, 0) is 17.8 Å². The molecule has 0 fully saturated rings. The molecule has 0 aliphatic rings. The lowest BCUT2D eigenvalue weighted by atomic mass is 9.87. The molecule has 0 unspecified atom stereocenters. The van der Waals surface area contributed by atoms with E-state index in [0.29, 0.717) is 6.61 Å². The molecule has 2 aromatic carbocycles. The monoisotopic (exact) mass is 410 g/mol. The van der Waals surface area contributed by atoms with Crippen molar-refractivity contribution in [3.8, 4) is 5.75 Å². The van der Waals surface area contributed by atoms with Gasteiger partial charge in [0.15, 0.2) is 10.8 Å². The van der Waals surface area contributed by atoms with Crippen LogP contribution in [0.4, 0.5) is 0 Å². The summed E-state index contributed by atoms with van der Waals surface area (Å²) in [6.07, 6.45) is 0. The van der Waals surface area contributed by atoms with Crippen molar-refractivity contribution < 1.29 is 4.74 Å². The number of rotatable bonds is 6. The minimum atomic E-state index is 0.139. The zero-order valence-corrected chi connectivity index (χ0v) is 17.8. The topological polar surface area (TPSA) is 52.3 Å². The van der Waals surface area contributed by atoms with E-state index in [0.717, 1.165) is 27.3 Å². The Kier molecular flexibility index (Phi) is 5.37. The van der Waals surface area contributed by atoms with Gasteiger partial charge in [-0.2, -0.15) is 9.61 Å². The number of hydrogen-bond donors (Lipinski definition) is 0. The molecule has 0 spiro atoms. The molecule has 0 aliphatic carbocycles. The second kappa shape index (κ2) is 7.93. The van der Waals surface area contributed by atoms with Crippen molar-refractivity contribution in [3.05, 3.63) is 71.0 Å². The third-order valence-corrected chi connectivity index (χ3v) is 6.17. The van der Waals surface area contributed by atoms with Crippen molar-refractivity contribution in [2.24, 2.45) is 0 Å². The maximum atomic E-state index is 5.91. The van der Waals surface area contributed by atoms with E-state index in [9.17, 15) is 0 Å². The van der Waals surface area contributed by atoms with Gasteiger partial charge in [0.1, 0.15) is 12.4 Å². The molecule has 0 aliphatic heterocycles. The van der Waals surface area contributed by atoms with Gasteiger partial charge in [-0.1, -0.05) is 62.4 Å². The van der Waals surface area contributed by atoms with Crippen LogP contribution in [0, 0.1) is 0 Å². The predicted octanol–water partition coefficient (Wildman–Crippen LogP) is 5.35. The Morgan fingerprint density at radius 3 is 2.46 bits per heavy atom. The van der Waals surface area contributed by atoms with Gasteiger partial charge in [-0.25, -0.2) is 0 Å². The molecule has 0 radical (unpaired) electrons. The summed E-state index contributed by atoms with van der Waals surface area (Å²) in [7, 11) is 0. The molecule has 5 nitrogen and oxygen atoms in total. The second-order valence-electron chi connectivity index (χ2n) is 7.47. The van der Waals surface area contributed by atoms with E-state index in [1.54, 1.807) is 11.8 Å². The molecule has 4 rings (SSSR count). The lowest BCUT2D eigenvalue weighted by Crippen LogP contribution is -2.10. The first-order chi connectivity index (χ1) is 13.5. The van der Waals surface area contributed by atoms with E-state index in [1.165, 1.54) is 21.8 Å². The van der Waals surface area contributed by atoms with E-state index in [4.69, 9.17) is 4.74 Å². The third kappa shape index (κ3) is 4.36. The first-order valence-electron chi connectivity index (χ1n) is 9.10. The van der Waals surface area contributed by atoms with Crippen molar-refractivity contribution in [2.45, 2.75) is 43.4 Å². The van der Waals surface area contributed by atoms with Gasteiger partial charge in [-0.3, -0.25) is 0 Å². The number of nitrogens with zero attached hydrogens (tertiary/aromatic N) is 4. The first-order valence-corrected chi connectivity index (χ1v) is 10.9. The van der Waals surface area contributed by atoms with Crippen LogP contribution >= 0.6 is 23.1 Å². The summed E-state index contributed by atoms with van der Waals surface area (Å²) >= 11 is 3.24. The SMILES string of the molecule is CC(C)(C)c1ccc(OCc2nn3c(CSc4ccccc4)nnc3s2)cc1. The number of ether oxygens (including phenoxy) is 1. The fourth-order valence-corrected chi connectivity index (χ4v) is 4.30. The summed E-state index contributed by atoms with van der Waals surface area (Å²) in [6.45, 7) is 7.04. The summed E-state index contributed by atoms with van der Waals surface area (Å²) in [5.41, 5.74) is 1.43. The molecule has 144 valence electrons. The van der Waals surface area contributed by atoms with Crippen molar-refractivity contribution >= 4 is 28.1 Å². The Bertz CT molecular complexity index is 1050. The van der Waals surface area contributed by atoms with E-state index in [2.05, 4.69) is 60.3 Å². The molecule has 0 saturated heterocycles. The normalized spacial score (nSPS) is 11.8. The minimum Gasteiger partial charge on any atom is -0.486 e. The van der Waals surface area contributed by atoms with E-state index in [-0.39, 0.29) is 5.41 Å². The summed E-state index contributed by atoms with van der Waals surface area (Å²) in [6, 6.07) is 18.5. The van der Waals surface area contributed by atoms with Crippen LogP contribution < -0.4 is 4.74 Å². The Balaban J connectivity index is 1.40. The molecule has 0 amide bonds. The molecule has 0 N–H and O–H groups in total. The summed E-state index contributed by atoms with van der Waals surface area (Å²) in [4.78, 5) is 2.00. The van der Waals surface area contributed by atoms with Gasteiger partial charge >= 0.3 is 0 Å². The van der Waals surface area contributed by atoms with Gasteiger partial charge in [-0.15, -0.1) is 22.0 Å². The van der Waals surface area contributed by atoms with Gasteiger partial charge in [0, 0.05) is 4.90 Å². The molecule has 2 aromatic heterocycles. The molecular weight excluding hydrogens is 388 g/mol. The van der Waals surface area contributed by atoms with Gasteiger partial charge < -0.3 is 4.74 Å². The number of fused-ring (bicyclic) bond motifs is 1. The number of benzene rings is 2. The Morgan fingerprint density at radius 1 is 1.00 bits per heavy atom. The zero-order chi connectivity index (χ0) is 19.6. The van der Waals surface area contributed by atoms with Crippen LogP contribution in [0.3, 0.4) is 0 Å². The van der Waals surface area contributed by atoms with Crippen molar-refractivity contribution in [2.75, 3.05) is 0 Å². The van der Waals surface area contributed by atoms with Gasteiger partial charge in [0.2, 0.25) is 4.96 Å². The van der Waals surface area contributed by atoms with E-state index < -0.39 is 0 Å².